The number of rotatable bonds is 5. The lowest BCUT2D eigenvalue weighted by atomic mass is 10.00. The first-order chi connectivity index (χ1) is 10.4. The van der Waals surface area contributed by atoms with Crippen LogP contribution in [0.25, 0.3) is 0 Å². The van der Waals surface area contributed by atoms with E-state index in [4.69, 9.17) is 0 Å². The standard InChI is InChI=1S/C16H16F3NOS/c1-2-5-13(20-15(21)14-8-4-9-22-14)11-6-3-7-12(10-11)16(17,18)19/h3-4,6-10,13H,2,5H2,1H3,(H,20,21)/t13-/m0/s1. The van der Waals surface area contributed by atoms with Gasteiger partial charge in [-0.25, -0.2) is 0 Å². The van der Waals surface area contributed by atoms with Crippen molar-refractivity contribution in [3.63, 3.8) is 0 Å². The van der Waals surface area contributed by atoms with Gasteiger partial charge in [0, 0.05) is 0 Å². The molecule has 1 aromatic carbocycles. The molecule has 1 amide bonds. The van der Waals surface area contributed by atoms with E-state index in [0.29, 0.717) is 16.9 Å². The summed E-state index contributed by atoms with van der Waals surface area (Å²) in [5.41, 5.74) is -0.224. The minimum Gasteiger partial charge on any atom is -0.345 e. The van der Waals surface area contributed by atoms with Crippen molar-refractivity contribution in [2.75, 3.05) is 0 Å². The van der Waals surface area contributed by atoms with E-state index in [-0.39, 0.29) is 5.91 Å². The lowest BCUT2D eigenvalue weighted by molar-refractivity contribution is -0.137. The minimum absolute atomic E-state index is 0.258. The number of hydrogen-bond donors (Lipinski definition) is 1. The lowest BCUT2D eigenvalue weighted by Crippen LogP contribution is -2.28. The SMILES string of the molecule is CCC[C@H](NC(=O)c1cccs1)c1cccc(C(F)(F)F)c1. The van der Waals surface area contributed by atoms with Crippen molar-refractivity contribution < 1.29 is 18.0 Å². The van der Waals surface area contributed by atoms with Gasteiger partial charge in [0.25, 0.3) is 5.91 Å². The zero-order chi connectivity index (χ0) is 16.2. The van der Waals surface area contributed by atoms with E-state index in [9.17, 15) is 18.0 Å². The summed E-state index contributed by atoms with van der Waals surface area (Å²) in [6, 6.07) is 8.15. The summed E-state index contributed by atoms with van der Waals surface area (Å²) in [5, 5.41) is 4.61. The van der Waals surface area contributed by atoms with Gasteiger partial charge in [-0.1, -0.05) is 31.5 Å². The molecule has 1 atom stereocenters. The number of amides is 1. The van der Waals surface area contributed by atoms with Crippen LogP contribution in [-0.4, -0.2) is 5.91 Å². The number of hydrogen-bond acceptors (Lipinski definition) is 2. The van der Waals surface area contributed by atoms with Gasteiger partial charge < -0.3 is 5.32 Å². The van der Waals surface area contributed by atoms with Crippen molar-refractivity contribution in [2.45, 2.75) is 32.0 Å². The fraction of sp³-hybridized carbons (Fsp3) is 0.312. The van der Waals surface area contributed by atoms with E-state index in [1.54, 1.807) is 23.6 Å². The molecule has 0 aliphatic heterocycles. The third-order valence-electron chi connectivity index (χ3n) is 3.24. The summed E-state index contributed by atoms with van der Waals surface area (Å²) in [6.07, 6.45) is -3.05. The Hall–Kier alpha value is -1.82. The Morgan fingerprint density at radius 1 is 1.27 bits per heavy atom. The molecule has 2 nitrogen and oxygen atoms in total. The van der Waals surface area contributed by atoms with E-state index in [1.807, 2.05) is 6.92 Å². The van der Waals surface area contributed by atoms with Crippen molar-refractivity contribution in [3.8, 4) is 0 Å². The van der Waals surface area contributed by atoms with Crippen molar-refractivity contribution in [2.24, 2.45) is 0 Å². The topological polar surface area (TPSA) is 29.1 Å². The van der Waals surface area contributed by atoms with Gasteiger partial charge in [0.15, 0.2) is 0 Å². The molecule has 0 aliphatic carbocycles. The summed E-state index contributed by atoms with van der Waals surface area (Å²) in [7, 11) is 0. The summed E-state index contributed by atoms with van der Waals surface area (Å²) >= 11 is 1.30. The average Bonchev–Trinajstić information content (AvgIpc) is 3.00. The number of thiophene rings is 1. The lowest BCUT2D eigenvalue weighted by Gasteiger charge is -2.19. The Balaban J connectivity index is 2.22. The monoisotopic (exact) mass is 327 g/mol. The molecule has 0 fully saturated rings. The number of halogens is 3. The summed E-state index contributed by atoms with van der Waals surface area (Å²) in [5.74, 6) is -0.258. The van der Waals surface area contributed by atoms with Crippen LogP contribution in [0.15, 0.2) is 41.8 Å². The van der Waals surface area contributed by atoms with Gasteiger partial charge in [-0.05, 0) is 35.6 Å². The van der Waals surface area contributed by atoms with Crippen LogP contribution >= 0.6 is 11.3 Å². The van der Waals surface area contributed by atoms with Crippen LogP contribution < -0.4 is 5.32 Å². The molecule has 0 aliphatic rings. The molecule has 0 saturated heterocycles. The summed E-state index contributed by atoms with van der Waals surface area (Å²) in [6.45, 7) is 1.93. The van der Waals surface area contributed by atoms with Crippen molar-refractivity contribution in [3.05, 3.63) is 57.8 Å². The molecule has 0 saturated carbocycles. The Labute approximate surface area is 131 Å². The van der Waals surface area contributed by atoms with Crippen molar-refractivity contribution in [1.29, 1.82) is 0 Å². The van der Waals surface area contributed by atoms with Gasteiger partial charge in [0.1, 0.15) is 0 Å². The fourth-order valence-electron chi connectivity index (χ4n) is 2.18. The predicted octanol–water partition coefficient (Wildman–Crippen LogP) is 5.04. The quantitative estimate of drug-likeness (QED) is 0.819. The zero-order valence-electron chi connectivity index (χ0n) is 12.0. The predicted molar refractivity (Wildman–Crippen MR) is 80.9 cm³/mol. The second-order valence-corrected chi connectivity index (χ2v) is 5.86. The third kappa shape index (κ3) is 4.10. The van der Waals surface area contributed by atoms with Crippen LogP contribution in [-0.2, 0) is 6.18 Å². The number of carbonyl (C=O) groups is 1. The average molecular weight is 327 g/mol. The molecular weight excluding hydrogens is 311 g/mol. The molecule has 2 aromatic rings. The van der Waals surface area contributed by atoms with Crippen LogP contribution in [0.3, 0.4) is 0 Å². The van der Waals surface area contributed by atoms with E-state index >= 15 is 0 Å². The maximum Gasteiger partial charge on any atom is 0.416 e. The third-order valence-corrected chi connectivity index (χ3v) is 4.11. The molecule has 6 heteroatoms. The maximum absolute atomic E-state index is 12.8. The van der Waals surface area contributed by atoms with Crippen LogP contribution in [0.2, 0.25) is 0 Å². The number of nitrogens with one attached hydrogen (secondary N) is 1. The highest BCUT2D eigenvalue weighted by Gasteiger charge is 2.31. The van der Waals surface area contributed by atoms with Crippen molar-refractivity contribution >= 4 is 17.2 Å². The van der Waals surface area contributed by atoms with Crippen LogP contribution in [0.5, 0.6) is 0 Å². The smallest absolute Gasteiger partial charge is 0.345 e. The van der Waals surface area contributed by atoms with E-state index in [2.05, 4.69) is 5.32 Å². The van der Waals surface area contributed by atoms with E-state index in [1.165, 1.54) is 17.4 Å². The Kier molecular flexibility index (Phi) is 5.24. The molecule has 0 radical (unpaired) electrons. The van der Waals surface area contributed by atoms with Gasteiger partial charge in [-0.15, -0.1) is 11.3 Å². The van der Waals surface area contributed by atoms with Crippen LogP contribution in [0.1, 0.15) is 46.6 Å². The molecule has 0 bridgehead atoms. The number of carbonyl (C=O) groups excluding carboxylic acids is 1. The summed E-state index contributed by atoms with van der Waals surface area (Å²) < 4.78 is 38.5. The molecule has 2 rings (SSSR count). The first-order valence-corrected chi connectivity index (χ1v) is 7.81. The molecule has 118 valence electrons. The first-order valence-electron chi connectivity index (χ1n) is 6.93. The second-order valence-electron chi connectivity index (χ2n) is 4.92. The molecule has 1 heterocycles. The molecule has 1 N–H and O–H groups in total. The first kappa shape index (κ1) is 16.5. The number of alkyl halides is 3. The molecule has 22 heavy (non-hydrogen) atoms. The highest BCUT2D eigenvalue weighted by atomic mass is 32.1. The summed E-state index contributed by atoms with van der Waals surface area (Å²) in [4.78, 5) is 12.7. The molecule has 0 unspecified atom stereocenters. The molecular formula is C16H16F3NOS. The van der Waals surface area contributed by atoms with Gasteiger partial charge >= 0.3 is 6.18 Å². The molecule has 0 spiro atoms. The second kappa shape index (κ2) is 6.96. The Morgan fingerprint density at radius 3 is 2.64 bits per heavy atom. The highest BCUT2D eigenvalue weighted by Crippen LogP contribution is 2.31. The van der Waals surface area contributed by atoms with Crippen LogP contribution in [0, 0.1) is 0 Å². The highest BCUT2D eigenvalue weighted by molar-refractivity contribution is 7.12. The van der Waals surface area contributed by atoms with Gasteiger partial charge in [0.2, 0.25) is 0 Å². The Bertz CT molecular complexity index is 623. The van der Waals surface area contributed by atoms with E-state index in [0.717, 1.165) is 18.6 Å². The van der Waals surface area contributed by atoms with E-state index < -0.39 is 17.8 Å². The Morgan fingerprint density at radius 2 is 2.05 bits per heavy atom. The maximum atomic E-state index is 12.8. The van der Waals surface area contributed by atoms with Crippen molar-refractivity contribution in [1.82, 2.24) is 5.32 Å². The zero-order valence-corrected chi connectivity index (χ0v) is 12.8. The van der Waals surface area contributed by atoms with Gasteiger partial charge in [-0.3, -0.25) is 4.79 Å². The minimum atomic E-state index is -4.38. The largest absolute Gasteiger partial charge is 0.416 e. The fourth-order valence-corrected chi connectivity index (χ4v) is 2.81. The number of benzene rings is 1. The molecule has 1 aromatic heterocycles. The van der Waals surface area contributed by atoms with Gasteiger partial charge in [0.05, 0.1) is 16.5 Å². The van der Waals surface area contributed by atoms with Gasteiger partial charge in [-0.2, -0.15) is 13.2 Å². The van der Waals surface area contributed by atoms with Crippen LogP contribution in [0.4, 0.5) is 13.2 Å². The normalized spacial score (nSPS) is 12.9.